The minimum Gasteiger partial charge on any atom is -0.489 e. The summed E-state index contributed by atoms with van der Waals surface area (Å²) in [6.07, 6.45) is -0.106. The third kappa shape index (κ3) is 8.14. The standard InChI is InChI=1S/C33H37NO5/c1-23(30-10-6-7-11-31(30)39-21-24-12-16-27(17-13-24)32(36)37)38-22-29(35)20-34-33(2,3)19-25-14-15-26-8-4-5-9-28(26)18-25/h4-18,23,29,34-35H,19-22H2,1-3H3,(H,36,37)/t23?,29-/m0/s1. The van der Waals surface area contributed by atoms with E-state index in [1.54, 1.807) is 24.3 Å². The Morgan fingerprint density at radius 2 is 1.56 bits per heavy atom. The first-order chi connectivity index (χ1) is 18.7. The molecular formula is C33H37NO5. The number of para-hydroxylation sites is 1. The summed E-state index contributed by atoms with van der Waals surface area (Å²) in [5.41, 5.74) is 3.05. The van der Waals surface area contributed by atoms with Crippen molar-refractivity contribution in [2.75, 3.05) is 13.2 Å². The molecule has 204 valence electrons. The van der Waals surface area contributed by atoms with Gasteiger partial charge in [0, 0.05) is 17.6 Å². The van der Waals surface area contributed by atoms with E-state index in [0.29, 0.717) is 18.9 Å². The zero-order chi connectivity index (χ0) is 27.8. The Hall–Kier alpha value is -3.71. The molecule has 0 spiro atoms. The van der Waals surface area contributed by atoms with Crippen LogP contribution in [0.25, 0.3) is 10.8 Å². The molecular weight excluding hydrogens is 490 g/mol. The minimum atomic E-state index is -0.954. The van der Waals surface area contributed by atoms with Crippen LogP contribution in [0.3, 0.4) is 0 Å². The molecule has 4 aromatic rings. The first-order valence-electron chi connectivity index (χ1n) is 13.3. The van der Waals surface area contributed by atoms with Gasteiger partial charge in [0.15, 0.2) is 0 Å². The van der Waals surface area contributed by atoms with Gasteiger partial charge in [0.25, 0.3) is 0 Å². The van der Waals surface area contributed by atoms with E-state index in [-0.39, 0.29) is 23.8 Å². The maximum Gasteiger partial charge on any atom is 0.335 e. The van der Waals surface area contributed by atoms with Crippen LogP contribution in [0.4, 0.5) is 0 Å². The van der Waals surface area contributed by atoms with Crippen LogP contribution in [0.15, 0.2) is 91.0 Å². The van der Waals surface area contributed by atoms with Gasteiger partial charge in [0.05, 0.1) is 24.4 Å². The van der Waals surface area contributed by atoms with Gasteiger partial charge in [-0.2, -0.15) is 0 Å². The largest absolute Gasteiger partial charge is 0.489 e. The lowest BCUT2D eigenvalue weighted by Crippen LogP contribution is -2.46. The first kappa shape index (κ1) is 28.3. The van der Waals surface area contributed by atoms with Gasteiger partial charge in [-0.3, -0.25) is 0 Å². The monoisotopic (exact) mass is 527 g/mol. The van der Waals surface area contributed by atoms with E-state index < -0.39 is 12.1 Å². The van der Waals surface area contributed by atoms with Gasteiger partial charge in [-0.25, -0.2) is 4.79 Å². The van der Waals surface area contributed by atoms with Crippen molar-refractivity contribution >= 4 is 16.7 Å². The van der Waals surface area contributed by atoms with Gasteiger partial charge in [-0.1, -0.05) is 72.8 Å². The van der Waals surface area contributed by atoms with E-state index in [0.717, 1.165) is 17.5 Å². The summed E-state index contributed by atoms with van der Waals surface area (Å²) in [6, 6.07) is 29.2. The average molecular weight is 528 g/mol. The van der Waals surface area contributed by atoms with Crippen molar-refractivity contribution in [1.82, 2.24) is 5.32 Å². The Labute approximate surface area is 230 Å². The SMILES string of the molecule is CC(OC[C@@H](O)CNC(C)(C)Cc1ccc2ccccc2c1)c1ccccc1OCc1ccc(C(=O)O)cc1. The maximum atomic E-state index is 11.1. The number of fused-ring (bicyclic) bond motifs is 1. The molecule has 3 N–H and O–H groups in total. The summed E-state index contributed by atoms with van der Waals surface area (Å²) in [7, 11) is 0. The van der Waals surface area contributed by atoms with Crippen LogP contribution < -0.4 is 10.1 Å². The van der Waals surface area contributed by atoms with E-state index in [9.17, 15) is 9.90 Å². The number of carbonyl (C=O) groups is 1. The minimum absolute atomic E-state index is 0.186. The number of nitrogens with one attached hydrogen (secondary N) is 1. The summed E-state index contributed by atoms with van der Waals surface area (Å²) in [5, 5.41) is 25.7. The van der Waals surface area contributed by atoms with E-state index >= 15 is 0 Å². The highest BCUT2D eigenvalue weighted by molar-refractivity contribution is 5.87. The number of ether oxygens (including phenoxy) is 2. The number of aliphatic hydroxyl groups is 1. The van der Waals surface area contributed by atoms with Gasteiger partial charge >= 0.3 is 5.97 Å². The normalized spacial score (nSPS) is 13.2. The molecule has 4 rings (SSSR count). The molecule has 0 fully saturated rings. The number of benzene rings is 4. The fourth-order valence-electron chi connectivity index (χ4n) is 4.57. The summed E-state index contributed by atoms with van der Waals surface area (Å²) in [5.74, 6) is -0.263. The quantitative estimate of drug-likeness (QED) is 0.193. The van der Waals surface area contributed by atoms with Crippen LogP contribution in [0.2, 0.25) is 0 Å². The van der Waals surface area contributed by atoms with Crippen molar-refractivity contribution in [2.45, 2.75) is 51.5 Å². The third-order valence-corrected chi connectivity index (χ3v) is 6.77. The highest BCUT2D eigenvalue weighted by Gasteiger charge is 2.20. The number of carboxylic acids is 1. The number of aromatic carboxylic acids is 1. The molecule has 0 saturated carbocycles. The van der Waals surface area contributed by atoms with Crippen molar-refractivity contribution in [3.8, 4) is 5.75 Å². The van der Waals surface area contributed by atoms with Gasteiger partial charge in [0.1, 0.15) is 12.4 Å². The smallest absolute Gasteiger partial charge is 0.335 e. The van der Waals surface area contributed by atoms with Gasteiger partial charge in [0.2, 0.25) is 0 Å². The van der Waals surface area contributed by atoms with E-state index in [2.05, 4.69) is 55.6 Å². The van der Waals surface area contributed by atoms with Crippen LogP contribution in [-0.2, 0) is 17.8 Å². The summed E-state index contributed by atoms with van der Waals surface area (Å²) < 4.78 is 12.0. The van der Waals surface area contributed by atoms with Crippen molar-refractivity contribution < 1.29 is 24.5 Å². The van der Waals surface area contributed by atoms with E-state index in [1.807, 2.05) is 37.3 Å². The third-order valence-electron chi connectivity index (χ3n) is 6.77. The number of aliphatic hydroxyl groups excluding tert-OH is 1. The molecule has 0 aliphatic rings. The Bertz CT molecular complexity index is 1380. The van der Waals surface area contributed by atoms with Crippen molar-refractivity contribution in [3.05, 3.63) is 113 Å². The average Bonchev–Trinajstić information content (AvgIpc) is 2.94. The van der Waals surface area contributed by atoms with Crippen molar-refractivity contribution in [1.29, 1.82) is 0 Å². The van der Waals surface area contributed by atoms with E-state index in [1.165, 1.54) is 16.3 Å². The van der Waals surface area contributed by atoms with Crippen LogP contribution in [0.1, 0.15) is 53.9 Å². The lowest BCUT2D eigenvalue weighted by atomic mass is 9.93. The van der Waals surface area contributed by atoms with Crippen molar-refractivity contribution in [3.63, 3.8) is 0 Å². The predicted molar refractivity (Wildman–Crippen MR) is 154 cm³/mol. The number of hydrogen-bond donors (Lipinski definition) is 3. The lowest BCUT2D eigenvalue weighted by Gasteiger charge is -2.28. The molecule has 0 aromatic heterocycles. The van der Waals surface area contributed by atoms with Gasteiger partial charge in [-0.15, -0.1) is 0 Å². The zero-order valence-corrected chi connectivity index (χ0v) is 22.8. The van der Waals surface area contributed by atoms with Gasteiger partial charge < -0.3 is 25.0 Å². The second-order valence-corrected chi connectivity index (χ2v) is 10.6. The summed E-state index contributed by atoms with van der Waals surface area (Å²) in [4.78, 5) is 11.1. The molecule has 0 aliphatic heterocycles. The Morgan fingerprint density at radius 1 is 0.897 bits per heavy atom. The fraction of sp³-hybridized carbons (Fsp3) is 0.303. The van der Waals surface area contributed by atoms with Crippen LogP contribution in [0.5, 0.6) is 5.75 Å². The predicted octanol–water partition coefficient (Wildman–Crippen LogP) is 6.17. The second-order valence-electron chi connectivity index (χ2n) is 10.6. The Balaban J connectivity index is 1.26. The molecule has 0 radical (unpaired) electrons. The van der Waals surface area contributed by atoms with Crippen LogP contribution in [-0.4, -0.2) is 41.0 Å². The molecule has 0 aliphatic carbocycles. The molecule has 0 bridgehead atoms. The van der Waals surface area contributed by atoms with Gasteiger partial charge in [-0.05, 0) is 67.3 Å². The fourth-order valence-corrected chi connectivity index (χ4v) is 4.57. The Kier molecular flexibility index (Phi) is 9.36. The molecule has 1 unspecified atom stereocenters. The maximum absolute atomic E-state index is 11.1. The highest BCUT2D eigenvalue weighted by atomic mass is 16.5. The molecule has 6 heteroatoms. The number of rotatable bonds is 13. The summed E-state index contributed by atoms with van der Waals surface area (Å²) >= 11 is 0. The molecule has 2 atom stereocenters. The second kappa shape index (κ2) is 12.9. The summed E-state index contributed by atoms with van der Waals surface area (Å²) in [6.45, 7) is 7.13. The molecule has 0 saturated heterocycles. The molecule has 0 heterocycles. The molecule has 4 aromatic carbocycles. The lowest BCUT2D eigenvalue weighted by molar-refractivity contribution is -0.00520. The van der Waals surface area contributed by atoms with Crippen molar-refractivity contribution in [2.24, 2.45) is 0 Å². The number of hydrogen-bond acceptors (Lipinski definition) is 5. The number of carboxylic acid groups (broad SMARTS) is 1. The molecule has 39 heavy (non-hydrogen) atoms. The zero-order valence-electron chi connectivity index (χ0n) is 22.8. The highest BCUT2D eigenvalue weighted by Crippen LogP contribution is 2.28. The van der Waals surface area contributed by atoms with E-state index in [4.69, 9.17) is 14.6 Å². The molecule has 0 amide bonds. The van der Waals surface area contributed by atoms with Crippen LogP contribution in [0, 0.1) is 0 Å². The first-order valence-corrected chi connectivity index (χ1v) is 13.3. The molecule has 6 nitrogen and oxygen atoms in total. The van der Waals surface area contributed by atoms with Crippen LogP contribution >= 0.6 is 0 Å². The Morgan fingerprint density at radius 3 is 2.31 bits per heavy atom. The number of β-amino-alcohol motifs (C(OH)–C–C–N with tert-alkyl or cyclic N) is 1. The topological polar surface area (TPSA) is 88.0 Å².